The van der Waals surface area contributed by atoms with Gasteiger partial charge in [-0.05, 0) is 49.4 Å². The van der Waals surface area contributed by atoms with Gasteiger partial charge in [0, 0.05) is 0 Å². The Morgan fingerprint density at radius 2 is 2.05 bits per heavy atom. The zero-order valence-electron chi connectivity index (χ0n) is 12.0. The third-order valence-electron chi connectivity index (χ3n) is 2.66. The van der Waals surface area contributed by atoms with Crippen LogP contribution in [0.15, 0.2) is 18.2 Å². The van der Waals surface area contributed by atoms with Crippen LogP contribution in [0.5, 0.6) is 11.5 Å². The van der Waals surface area contributed by atoms with E-state index < -0.39 is 0 Å². The van der Waals surface area contributed by atoms with Gasteiger partial charge in [-0.1, -0.05) is 19.1 Å². The highest BCUT2D eigenvalue weighted by molar-refractivity contribution is 7.99. The molecule has 0 aliphatic heterocycles. The number of thioether (sulfide) groups is 1. The second-order valence-corrected chi connectivity index (χ2v) is 5.51. The lowest BCUT2D eigenvalue weighted by Crippen LogP contribution is -2.08. The van der Waals surface area contributed by atoms with E-state index >= 15 is 0 Å². The molecule has 0 aliphatic rings. The molecule has 3 nitrogen and oxygen atoms in total. The number of para-hydroxylation sites is 1. The van der Waals surface area contributed by atoms with Crippen LogP contribution in [0.4, 0.5) is 0 Å². The largest absolute Gasteiger partial charge is 0.490 e. The molecule has 1 aromatic rings. The van der Waals surface area contributed by atoms with Gasteiger partial charge in [0.25, 0.3) is 0 Å². The molecule has 0 aromatic heterocycles. The average Bonchev–Trinajstić information content (AvgIpc) is 2.41. The van der Waals surface area contributed by atoms with Crippen LogP contribution >= 0.6 is 11.8 Å². The first-order chi connectivity index (χ1) is 9.33. The van der Waals surface area contributed by atoms with Crippen molar-refractivity contribution in [1.82, 2.24) is 0 Å². The molecule has 0 heterocycles. The van der Waals surface area contributed by atoms with Gasteiger partial charge in [0.2, 0.25) is 0 Å². The number of ether oxygens (including phenoxy) is 2. The first-order valence-electron chi connectivity index (χ1n) is 6.98. The van der Waals surface area contributed by atoms with Crippen molar-refractivity contribution in [2.75, 3.05) is 31.3 Å². The molecule has 0 radical (unpaired) electrons. The van der Waals surface area contributed by atoms with Crippen LogP contribution in [-0.2, 0) is 6.42 Å². The Morgan fingerprint density at radius 3 is 2.74 bits per heavy atom. The lowest BCUT2D eigenvalue weighted by molar-refractivity contribution is 0.275. The maximum atomic E-state index is 5.93. The average molecular weight is 283 g/mol. The van der Waals surface area contributed by atoms with Crippen LogP contribution in [0.25, 0.3) is 0 Å². The van der Waals surface area contributed by atoms with Gasteiger partial charge in [0.15, 0.2) is 11.5 Å². The fourth-order valence-electron chi connectivity index (χ4n) is 1.83. The van der Waals surface area contributed by atoms with Crippen LogP contribution in [-0.4, -0.2) is 31.3 Å². The summed E-state index contributed by atoms with van der Waals surface area (Å²) in [6.07, 6.45) is 1.88. The third-order valence-corrected chi connectivity index (χ3v) is 3.64. The fourth-order valence-corrected chi connectivity index (χ4v) is 2.44. The summed E-state index contributed by atoms with van der Waals surface area (Å²) in [5, 5.41) is 0. The monoisotopic (exact) mass is 283 g/mol. The Balaban J connectivity index is 2.64. The highest BCUT2D eigenvalue weighted by atomic mass is 32.2. The van der Waals surface area contributed by atoms with E-state index in [9.17, 15) is 0 Å². The molecule has 1 rings (SSSR count). The molecule has 0 aliphatic carbocycles. The van der Waals surface area contributed by atoms with Crippen molar-refractivity contribution in [2.45, 2.75) is 26.7 Å². The van der Waals surface area contributed by atoms with E-state index in [1.165, 1.54) is 0 Å². The Kier molecular flexibility index (Phi) is 8.50. The van der Waals surface area contributed by atoms with Crippen molar-refractivity contribution in [1.29, 1.82) is 0 Å². The Labute approximate surface area is 120 Å². The lowest BCUT2D eigenvalue weighted by atomic mass is 10.1. The van der Waals surface area contributed by atoms with E-state index in [1.54, 1.807) is 0 Å². The van der Waals surface area contributed by atoms with Gasteiger partial charge in [0.1, 0.15) is 0 Å². The zero-order chi connectivity index (χ0) is 13.9. The van der Waals surface area contributed by atoms with Crippen LogP contribution < -0.4 is 15.2 Å². The molecule has 0 atom stereocenters. The zero-order valence-corrected chi connectivity index (χ0v) is 12.8. The molecule has 4 heteroatoms. The first-order valence-corrected chi connectivity index (χ1v) is 8.14. The molecule has 19 heavy (non-hydrogen) atoms. The van der Waals surface area contributed by atoms with Gasteiger partial charge in [0.05, 0.1) is 13.2 Å². The number of benzene rings is 1. The van der Waals surface area contributed by atoms with Crippen LogP contribution in [0.1, 0.15) is 25.8 Å². The molecule has 108 valence electrons. The minimum atomic E-state index is 0.623. The number of nitrogens with two attached hydrogens (primary N) is 1. The van der Waals surface area contributed by atoms with Crippen LogP contribution in [0, 0.1) is 0 Å². The maximum absolute atomic E-state index is 5.93. The summed E-state index contributed by atoms with van der Waals surface area (Å²) < 4.78 is 11.6. The minimum Gasteiger partial charge on any atom is -0.490 e. The minimum absolute atomic E-state index is 0.623. The predicted molar refractivity (Wildman–Crippen MR) is 83.5 cm³/mol. The second kappa shape index (κ2) is 9.98. The Morgan fingerprint density at radius 1 is 1.21 bits per heavy atom. The van der Waals surface area contributed by atoms with Crippen molar-refractivity contribution in [3.63, 3.8) is 0 Å². The van der Waals surface area contributed by atoms with Crippen molar-refractivity contribution in [3.8, 4) is 11.5 Å². The molecule has 2 N–H and O–H groups in total. The summed E-state index contributed by atoms with van der Waals surface area (Å²) in [4.78, 5) is 0. The SMILES string of the molecule is CCOc1cccc(CCN)c1OCCCSCC. The van der Waals surface area contributed by atoms with Crippen molar-refractivity contribution >= 4 is 11.8 Å². The van der Waals surface area contributed by atoms with Gasteiger partial charge in [-0.25, -0.2) is 0 Å². The van der Waals surface area contributed by atoms with Crippen molar-refractivity contribution in [3.05, 3.63) is 23.8 Å². The summed E-state index contributed by atoms with van der Waals surface area (Å²) in [6, 6.07) is 6.01. The van der Waals surface area contributed by atoms with Gasteiger partial charge in [-0.15, -0.1) is 0 Å². The van der Waals surface area contributed by atoms with Gasteiger partial charge in [-0.2, -0.15) is 11.8 Å². The quantitative estimate of drug-likeness (QED) is 0.670. The van der Waals surface area contributed by atoms with Crippen molar-refractivity contribution < 1.29 is 9.47 Å². The third kappa shape index (κ3) is 5.74. The van der Waals surface area contributed by atoms with Gasteiger partial charge >= 0.3 is 0 Å². The second-order valence-electron chi connectivity index (χ2n) is 4.12. The summed E-state index contributed by atoms with van der Waals surface area (Å²) in [5.74, 6) is 4.00. The molecule has 0 unspecified atom stereocenters. The predicted octanol–water partition coefficient (Wildman–Crippen LogP) is 3.11. The molecule has 1 aromatic carbocycles. The Hall–Kier alpha value is -0.870. The molecule has 0 spiro atoms. The molecule has 0 bridgehead atoms. The summed E-state index contributed by atoms with van der Waals surface area (Å²) >= 11 is 1.94. The molecule has 0 saturated carbocycles. The molecular formula is C15H25NO2S. The summed E-state index contributed by atoms with van der Waals surface area (Å²) in [5.41, 5.74) is 6.78. The smallest absolute Gasteiger partial charge is 0.164 e. The van der Waals surface area contributed by atoms with Gasteiger partial charge in [-0.3, -0.25) is 0 Å². The van der Waals surface area contributed by atoms with E-state index in [4.69, 9.17) is 15.2 Å². The van der Waals surface area contributed by atoms with Crippen molar-refractivity contribution in [2.24, 2.45) is 5.73 Å². The van der Waals surface area contributed by atoms with E-state index in [2.05, 4.69) is 13.0 Å². The molecule has 0 amide bonds. The van der Waals surface area contributed by atoms with E-state index in [-0.39, 0.29) is 0 Å². The normalized spacial score (nSPS) is 10.5. The number of hydrogen-bond acceptors (Lipinski definition) is 4. The number of hydrogen-bond donors (Lipinski definition) is 1. The maximum Gasteiger partial charge on any atom is 0.164 e. The molecule has 0 saturated heterocycles. The van der Waals surface area contributed by atoms with Gasteiger partial charge < -0.3 is 15.2 Å². The van der Waals surface area contributed by atoms with E-state index in [0.717, 1.165) is 48.0 Å². The first kappa shape index (κ1) is 16.2. The topological polar surface area (TPSA) is 44.5 Å². The van der Waals surface area contributed by atoms with E-state index in [1.807, 2.05) is 30.8 Å². The summed E-state index contributed by atoms with van der Waals surface area (Å²) in [7, 11) is 0. The Bertz CT molecular complexity index is 334. The number of rotatable bonds is 10. The standard InChI is InChI=1S/C15H25NO2S/c1-3-17-14-8-5-7-13(9-10-16)15(14)18-11-6-12-19-4-2/h5,7-8H,3-4,6,9-12,16H2,1-2H3. The molecule has 0 fully saturated rings. The van der Waals surface area contributed by atoms with Crippen LogP contribution in [0.3, 0.4) is 0 Å². The summed E-state index contributed by atoms with van der Waals surface area (Å²) in [6.45, 7) is 6.16. The van der Waals surface area contributed by atoms with E-state index in [0.29, 0.717) is 13.2 Å². The lowest BCUT2D eigenvalue weighted by Gasteiger charge is -2.15. The van der Waals surface area contributed by atoms with Crippen LogP contribution in [0.2, 0.25) is 0 Å². The molecular weight excluding hydrogens is 258 g/mol. The highest BCUT2D eigenvalue weighted by Gasteiger charge is 2.10. The fraction of sp³-hybridized carbons (Fsp3) is 0.600. The highest BCUT2D eigenvalue weighted by Crippen LogP contribution is 2.31.